The SMILES string of the molecule is COC(=O)Oc1cc(C(Nc2cc(Cl)cc(Cl)c2)C(=O)O)oc1C. The molecule has 24 heavy (non-hydrogen) atoms. The van der Waals surface area contributed by atoms with Crippen molar-refractivity contribution in [1.29, 1.82) is 0 Å². The number of carboxylic acids is 1. The van der Waals surface area contributed by atoms with Crippen LogP contribution in [0.1, 0.15) is 17.6 Å². The van der Waals surface area contributed by atoms with Crippen molar-refractivity contribution in [2.45, 2.75) is 13.0 Å². The lowest BCUT2D eigenvalue weighted by Crippen LogP contribution is -2.20. The van der Waals surface area contributed by atoms with Crippen molar-refractivity contribution in [3.05, 3.63) is 45.8 Å². The average molecular weight is 374 g/mol. The molecule has 0 bridgehead atoms. The highest BCUT2D eigenvalue weighted by Crippen LogP contribution is 2.31. The molecule has 1 atom stereocenters. The molecule has 1 unspecified atom stereocenters. The molecule has 128 valence electrons. The van der Waals surface area contributed by atoms with Gasteiger partial charge >= 0.3 is 12.1 Å². The van der Waals surface area contributed by atoms with Crippen molar-refractivity contribution >= 4 is 41.0 Å². The molecule has 1 aromatic carbocycles. The van der Waals surface area contributed by atoms with Gasteiger partial charge in [0.05, 0.1) is 7.11 Å². The van der Waals surface area contributed by atoms with Gasteiger partial charge in [-0.1, -0.05) is 23.2 Å². The number of carboxylic acid groups (broad SMARTS) is 1. The fraction of sp³-hybridized carbons (Fsp3) is 0.200. The summed E-state index contributed by atoms with van der Waals surface area (Å²) in [6.07, 6.45) is -0.938. The van der Waals surface area contributed by atoms with Gasteiger partial charge in [-0.05, 0) is 25.1 Å². The zero-order valence-electron chi connectivity index (χ0n) is 12.6. The van der Waals surface area contributed by atoms with Gasteiger partial charge in [0.2, 0.25) is 0 Å². The fourth-order valence-corrected chi connectivity index (χ4v) is 2.45. The van der Waals surface area contributed by atoms with E-state index >= 15 is 0 Å². The Kier molecular flexibility index (Phi) is 5.58. The van der Waals surface area contributed by atoms with Gasteiger partial charge in [-0.3, -0.25) is 0 Å². The van der Waals surface area contributed by atoms with Crippen molar-refractivity contribution in [2.75, 3.05) is 12.4 Å². The molecule has 1 aromatic heterocycles. The molecule has 0 amide bonds. The molecule has 0 radical (unpaired) electrons. The third-order valence-corrected chi connectivity index (χ3v) is 3.39. The van der Waals surface area contributed by atoms with Crippen LogP contribution in [0.5, 0.6) is 5.75 Å². The zero-order valence-corrected chi connectivity index (χ0v) is 14.1. The Morgan fingerprint density at radius 3 is 2.38 bits per heavy atom. The highest BCUT2D eigenvalue weighted by Gasteiger charge is 2.26. The second-order valence-electron chi connectivity index (χ2n) is 4.70. The first kappa shape index (κ1) is 18.0. The van der Waals surface area contributed by atoms with Crippen LogP contribution >= 0.6 is 23.2 Å². The number of methoxy groups -OCH3 is 1. The van der Waals surface area contributed by atoms with Crippen LogP contribution in [0.15, 0.2) is 28.7 Å². The lowest BCUT2D eigenvalue weighted by molar-refractivity contribution is -0.138. The maximum absolute atomic E-state index is 11.6. The molecule has 0 aliphatic carbocycles. The van der Waals surface area contributed by atoms with Crippen LogP contribution in [-0.2, 0) is 9.53 Å². The summed E-state index contributed by atoms with van der Waals surface area (Å²) in [5.41, 5.74) is 0.393. The van der Waals surface area contributed by atoms with E-state index < -0.39 is 18.2 Å². The van der Waals surface area contributed by atoms with Crippen LogP contribution in [-0.4, -0.2) is 24.3 Å². The topological polar surface area (TPSA) is 98.0 Å². The van der Waals surface area contributed by atoms with Gasteiger partial charge in [-0.2, -0.15) is 0 Å². The maximum atomic E-state index is 11.6. The van der Waals surface area contributed by atoms with E-state index in [1.54, 1.807) is 0 Å². The summed E-state index contributed by atoms with van der Waals surface area (Å²) in [7, 11) is 1.16. The molecule has 2 aromatic rings. The minimum Gasteiger partial charge on any atom is -0.479 e. The third-order valence-electron chi connectivity index (χ3n) is 2.96. The minimum absolute atomic E-state index is 0.0370. The van der Waals surface area contributed by atoms with Gasteiger partial charge < -0.3 is 24.3 Å². The highest BCUT2D eigenvalue weighted by molar-refractivity contribution is 6.35. The molecule has 0 saturated heterocycles. The van der Waals surface area contributed by atoms with Crippen molar-refractivity contribution in [1.82, 2.24) is 0 Å². The molecule has 0 fully saturated rings. The Morgan fingerprint density at radius 1 is 1.21 bits per heavy atom. The molecule has 0 spiro atoms. The highest BCUT2D eigenvalue weighted by atomic mass is 35.5. The molecule has 0 aliphatic heterocycles. The fourth-order valence-electron chi connectivity index (χ4n) is 1.92. The van der Waals surface area contributed by atoms with Crippen molar-refractivity contribution < 1.29 is 28.6 Å². The number of carbonyl (C=O) groups is 2. The molecule has 0 saturated carbocycles. The molecule has 7 nitrogen and oxygen atoms in total. The number of nitrogens with one attached hydrogen (secondary N) is 1. The Balaban J connectivity index is 2.29. The van der Waals surface area contributed by atoms with Crippen LogP contribution in [0.4, 0.5) is 10.5 Å². The Hall–Kier alpha value is -2.38. The average Bonchev–Trinajstić information content (AvgIpc) is 2.84. The smallest absolute Gasteiger partial charge is 0.479 e. The summed E-state index contributed by atoms with van der Waals surface area (Å²) < 4.78 is 14.6. The van der Waals surface area contributed by atoms with E-state index in [0.29, 0.717) is 15.7 Å². The van der Waals surface area contributed by atoms with E-state index in [1.807, 2.05) is 0 Å². The van der Waals surface area contributed by atoms with Crippen LogP contribution < -0.4 is 10.1 Å². The second-order valence-corrected chi connectivity index (χ2v) is 5.57. The largest absolute Gasteiger partial charge is 0.513 e. The zero-order chi connectivity index (χ0) is 17.9. The van der Waals surface area contributed by atoms with Crippen LogP contribution in [0.25, 0.3) is 0 Å². The molecule has 9 heteroatoms. The third kappa shape index (κ3) is 4.33. The number of hydrogen-bond acceptors (Lipinski definition) is 6. The van der Waals surface area contributed by atoms with Gasteiger partial charge in [-0.25, -0.2) is 9.59 Å². The van der Waals surface area contributed by atoms with Crippen LogP contribution in [0, 0.1) is 6.92 Å². The van der Waals surface area contributed by atoms with Gasteiger partial charge in [0.25, 0.3) is 0 Å². The van der Waals surface area contributed by atoms with E-state index in [9.17, 15) is 14.7 Å². The number of anilines is 1. The summed E-state index contributed by atoms with van der Waals surface area (Å²) >= 11 is 11.8. The molecule has 1 heterocycles. The summed E-state index contributed by atoms with van der Waals surface area (Å²) in [5.74, 6) is -0.874. The van der Waals surface area contributed by atoms with E-state index in [2.05, 4.69) is 10.1 Å². The number of aliphatic carboxylic acids is 1. The quantitative estimate of drug-likeness (QED) is 0.754. The number of halogens is 2. The summed E-state index contributed by atoms with van der Waals surface area (Å²) in [6, 6.07) is 4.61. The first-order valence-corrected chi connectivity index (χ1v) is 7.37. The monoisotopic (exact) mass is 373 g/mol. The second kappa shape index (κ2) is 7.46. The molecule has 0 aliphatic rings. The van der Waals surface area contributed by atoms with E-state index in [-0.39, 0.29) is 17.3 Å². The minimum atomic E-state index is -1.24. The standard InChI is InChI=1S/C15H13Cl2NO6/c1-7-11(24-15(21)22-2)6-12(23-7)13(14(19)20)18-10-4-8(16)3-9(17)5-10/h3-6,13,18H,1-2H3,(H,19,20). The number of hydrogen-bond donors (Lipinski definition) is 2. The summed E-state index contributed by atoms with van der Waals surface area (Å²) in [5, 5.41) is 12.9. The van der Waals surface area contributed by atoms with Crippen molar-refractivity contribution in [3.63, 3.8) is 0 Å². The molecular formula is C15H13Cl2NO6. The van der Waals surface area contributed by atoms with E-state index in [0.717, 1.165) is 7.11 Å². The van der Waals surface area contributed by atoms with Gasteiger partial charge in [0.1, 0.15) is 11.5 Å². The van der Waals surface area contributed by atoms with Gasteiger partial charge in [-0.15, -0.1) is 0 Å². The Morgan fingerprint density at radius 2 is 1.83 bits per heavy atom. The van der Waals surface area contributed by atoms with E-state index in [1.165, 1.54) is 31.2 Å². The van der Waals surface area contributed by atoms with Gasteiger partial charge in [0.15, 0.2) is 11.8 Å². The van der Waals surface area contributed by atoms with Crippen LogP contribution in [0.2, 0.25) is 10.0 Å². The number of rotatable bonds is 5. The number of carbonyl (C=O) groups excluding carboxylic acids is 1. The Bertz CT molecular complexity index is 753. The maximum Gasteiger partial charge on any atom is 0.513 e. The van der Waals surface area contributed by atoms with Crippen molar-refractivity contribution in [2.24, 2.45) is 0 Å². The predicted molar refractivity (Wildman–Crippen MR) is 86.9 cm³/mol. The normalized spacial score (nSPS) is 11.7. The van der Waals surface area contributed by atoms with Gasteiger partial charge in [0, 0.05) is 21.8 Å². The van der Waals surface area contributed by atoms with Crippen LogP contribution in [0.3, 0.4) is 0 Å². The first-order chi connectivity index (χ1) is 11.3. The molecular weight excluding hydrogens is 361 g/mol. The van der Waals surface area contributed by atoms with Crippen molar-refractivity contribution in [3.8, 4) is 5.75 Å². The predicted octanol–water partition coefficient (Wildman–Crippen LogP) is 4.28. The molecule has 2 rings (SSSR count). The summed E-state index contributed by atoms with van der Waals surface area (Å²) in [4.78, 5) is 22.7. The lowest BCUT2D eigenvalue weighted by Gasteiger charge is -2.14. The molecule has 2 N–H and O–H groups in total. The lowest BCUT2D eigenvalue weighted by atomic mass is 10.2. The number of aryl methyl sites for hydroxylation is 1. The number of ether oxygens (including phenoxy) is 2. The number of furan rings is 1. The summed E-state index contributed by atoms with van der Waals surface area (Å²) in [6.45, 7) is 1.52. The Labute approximate surface area is 147 Å². The van der Waals surface area contributed by atoms with E-state index in [4.69, 9.17) is 32.4 Å². The first-order valence-electron chi connectivity index (χ1n) is 6.61. The number of benzene rings is 1.